The van der Waals surface area contributed by atoms with Crippen molar-refractivity contribution in [2.45, 2.75) is 18.9 Å². The van der Waals surface area contributed by atoms with Crippen LogP contribution in [0.2, 0.25) is 0 Å². The summed E-state index contributed by atoms with van der Waals surface area (Å²) < 4.78 is 5.30. The van der Waals surface area contributed by atoms with E-state index in [9.17, 15) is 24.6 Å². The largest absolute Gasteiger partial charge is 0.506 e. The van der Waals surface area contributed by atoms with Gasteiger partial charge in [0, 0.05) is 23.4 Å². The number of phenols is 2. The number of amides is 1. The zero-order chi connectivity index (χ0) is 21.0. The topological polar surface area (TPSA) is 129 Å². The molecular weight excluding hydrogens is 388 g/mol. The van der Waals surface area contributed by atoms with Gasteiger partial charge in [0.2, 0.25) is 11.6 Å². The molecule has 1 aromatic heterocycles. The minimum Gasteiger partial charge on any atom is -0.506 e. The van der Waals surface area contributed by atoms with Gasteiger partial charge in [-0.05, 0) is 19.4 Å². The monoisotopic (exact) mass is 406 g/mol. The molecule has 3 aromatic rings. The maximum absolute atomic E-state index is 13.3. The van der Waals surface area contributed by atoms with Gasteiger partial charge in [-0.15, -0.1) is 0 Å². The minimum atomic E-state index is -0.753. The third kappa shape index (κ3) is 2.54. The lowest BCUT2D eigenvalue weighted by Gasteiger charge is -2.24. The van der Waals surface area contributed by atoms with Gasteiger partial charge in [-0.1, -0.05) is 24.3 Å². The Morgan fingerprint density at radius 3 is 2.33 bits per heavy atom. The number of phenolic OH excluding ortho intramolecular Hbond substituents is 2. The predicted octanol–water partition coefficient (Wildman–Crippen LogP) is 2.10. The molecule has 1 unspecified atom stereocenters. The first-order valence-electron chi connectivity index (χ1n) is 9.68. The molecule has 1 aliphatic heterocycles. The van der Waals surface area contributed by atoms with E-state index in [2.05, 4.69) is 10.6 Å². The van der Waals surface area contributed by atoms with Crippen LogP contribution in [0.25, 0.3) is 10.8 Å². The van der Waals surface area contributed by atoms with Crippen LogP contribution < -0.4 is 10.6 Å². The molecule has 1 atom stereocenters. The van der Waals surface area contributed by atoms with Crippen molar-refractivity contribution < 1.29 is 29.0 Å². The Balaban J connectivity index is 1.62. The number of furan rings is 1. The van der Waals surface area contributed by atoms with Gasteiger partial charge in [-0.25, -0.2) is 0 Å². The van der Waals surface area contributed by atoms with E-state index in [1.54, 1.807) is 12.1 Å². The highest BCUT2D eigenvalue weighted by Crippen LogP contribution is 2.45. The number of benzene rings is 2. The number of rotatable bonds is 2. The summed E-state index contributed by atoms with van der Waals surface area (Å²) in [6.07, 6.45) is 2.79. The summed E-state index contributed by atoms with van der Waals surface area (Å²) in [5.74, 6) is -3.15. The second kappa shape index (κ2) is 6.70. The van der Waals surface area contributed by atoms with Crippen molar-refractivity contribution in [3.63, 3.8) is 0 Å². The Morgan fingerprint density at radius 1 is 1.03 bits per heavy atom. The molecule has 8 heteroatoms. The first-order valence-corrected chi connectivity index (χ1v) is 9.68. The van der Waals surface area contributed by atoms with Crippen LogP contribution >= 0.6 is 0 Å². The van der Waals surface area contributed by atoms with Crippen LogP contribution in [0.4, 0.5) is 0 Å². The average Bonchev–Trinajstić information content (AvgIpc) is 3.21. The molecule has 0 spiro atoms. The summed E-state index contributed by atoms with van der Waals surface area (Å²) in [7, 11) is 0. The zero-order valence-electron chi connectivity index (χ0n) is 15.8. The van der Waals surface area contributed by atoms with Gasteiger partial charge in [0.05, 0.1) is 22.3 Å². The molecular formula is C22H18N2O6. The molecule has 1 saturated heterocycles. The molecule has 8 nitrogen and oxygen atoms in total. The van der Waals surface area contributed by atoms with Crippen LogP contribution in [-0.2, 0) is 0 Å². The fraction of sp³-hybridized carbons (Fsp3) is 0.227. The van der Waals surface area contributed by atoms with Gasteiger partial charge in [-0.2, -0.15) is 0 Å². The Kier molecular flexibility index (Phi) is 4.11. The van der Waals surface area contributed by atoms with Gasteiger partial charge in [-0.3, -0.25) is 14.4 Å². The zero-order valence-corrected chi connectivity index (χ0v) is 15.8. The Bertz CT molecular complexity index is 1240. The summed E-state index contributed by atoms with van der Waals surface area (Å²) >= 11 is 0. The van der Waals surface area contributed by atoms with E-state index >= 15 is 0 Å². The summed E-state index contributed by atoms with van der Waals surface area (Å²) in [6, 6.07) is 6.27. The quantitative estimate of drug-likeness (QED) is 0.375. The number of ketones is 2. The third-order valence-corrected chi connectivity index (χ3v) is 5.72. The van der Waals surface area contributed by atoms with Gasteiger partial charge in [0.15, 0.2) is 5.76 Å². The first kappa shape index (κ1) is 18.4. The lowest BCUT2D eigenvalue weighted by molar-refractivity contribution is 0.0919. The number of hydrogen-bond donors (Lipinski definition) is 4. The van der Waals surface area contributed by atoms with Crippen LogP contribution in [0.15, 0.2) is 34.9 Å². The second-order valence-corrected chi connectivity index (χ2v) is 7.52. The Hall–Kier alpha value is -3.65. The standard InChI is InChI=1S/C22H18N2O6/c25-17-11-5-1-2-6-12(11)18(26)16-15(17)19(27)14-13(9-30-21(14)20(16)28)22(29)24-10-4-3-7-23-8-10/h1-2,5-6,9-10,23,25-26H,3-4,7-8H2,(H,24,29). The Morgan fingerprint density at radius 2 is 1.70 bits per heavy atom. The molecule has 0 saturated carbocycles. The molecule has 1 amide bonds. The van der Waals surface area contributed by atoms with Gasteiger partial charge < -0.3 is 25.3 Å². The molecule has 2 aromatic carbocycles. The maximum atomic E-state index is 13.3. The van der Waals surface area contributed by atoms with Crippen molar-refractivity contribution >= 4 is 28.2 Å². The Labute approximate surface area is 170 Å². The van der Waals surface area contributed by atoms with E-state index in [0.717, 1.165) is 25.6 Å². The lowest BCUT2D eigenvalue weighted by Crippen LogP contribution is -2.45. The summed E-state index contributed by atoms with van der Waals surface area (Å²) in [4.78, 5) is 39.1. The van der Waals surface area contributed by atoms with Crippen LogP contribution in [0, 0.1) is 0 Å². The smallest absolute Gasteiger partial charge is 0.255 e. The van der Waals surface area contributed by atoms with E-state index in [4.69, 9.17) is 4.42 Å². The van der Waals surface area contributed by atoms with E-state index in [1.165, 1.54) is 12.1 Å². The predicted molar refractivity (Wildman–Crippen MR) is 106 cm³/mol. The van der Waals surface area contributed by atoms with E-state index in [1.807, 2.05) is 0 Å². The van der Waals surface area contributed by atoms with Gasteiger partial charge in [0.25, 0.3) is 5.91 Å². The second-order valence-electron chi connectivity index (χ2n) is 7.52. The number of carbonyl (C=O) groups is 3. The number of fused-ring (bicyclic) bond motifs is 3. The maximum Gasteiger partial charge on any atom is 0.255 e. The molecule has 0 bridgehead atoms. The molecule has 2 aliphatic rings. The summed E-state index contributed by atoms with van der Waals surface area (Å²) in [5, 5.41) is 27.9. The number of nitrogens with one attached hydrogen (secondary N) is 2. The number of piperidine rings is 1. The van der Waals surface area contributed by atoms with Gasteiger partial charge in [0.1, 0.15) is 17.8 Å². The van der Waals surface area contributed by atoms with Crippen molar-refractivity contribution in [2.24, 2.45) is 0 Å². The van der Waals surface area contributed by atoms with Crippen molar-refractivity contribution in [3.8, 4) is 11.5 Å². The SMILES string of the molecule is O=C(NC1CCCNC1)c1coc2c1C(=O)c1c(c(O)c3ccccc3c1O)C2=O. The van der Waals surface area contributed by atoms with Crippen LogP contribution in [0.3, 0.4) is 0 Å². The molecule has 2 heterocycles. The molecule has 0 radical (unpaired) electrons. The lowest BCUT2D eigenvalue weighted by atomic mass is 9.83. The number of hydrogen-bond acceptors (Lipinski definition) is 7. The molecule has 4 N–H and O–H groups in total. The third-order valence-electron chi connectivity index (χ3n) is 5.72. The average molecular weight is 406 g/mol. The highest BCUT2D eigenvalue weighted by Gasteiger charge is 2.41. The molecule has 1 aliphatic carbocycles. The fourth-order valence-electron chi connectivity index (χ4n) is 4.24. The summed E-state index contributed by atoms with van der Waals surface area (Å²) in [6.45, 7) is 1.50. The van der Waals surface area contributed by atoms with Crippen molar-refractivity contribution in [1.29, 1.82) is 0 Å². The summed E-state index contributed by atoms with van der Waals surface area (Å²) in [5.41, 5.74) is -0.898. The van der Waals surface area contributed by atoms with E-state index in [-0.39, 0.29) is 44.8 Å². The van der Waals surface area contributed by atoms with Crippen molar-refractivity contribution in [2.75, 3.05) is 13.1 Å². The molecule has 1 fully saturated rings. The van der Waals surface area contributed by atoms with Crippen LogP contribution in [0.5, 0.6) is 11.5 Å². The fourth-order valence-corrected chi connectivity index (χ4v) is 4.24. The van der Waals surface area contributed by atoms with Crippen LogP contribution in [-0.4, -0.2) is 46.8 Å². The minimum absolute atomic E-state index is 0.0633. The van der Waals surface area contributed by atoms with E-state index in [0.29, 0.717) is 6.54 Å². The van der Waals surface area contributed by atoms with E-state index < -0.39 is 29.0 Å². The number of carbonyl (C=O) groups excluding carboxylic acids is 3. The first-order chi connectivity index (χ1) is 14.5. The highest BCUT2D eigenvalue weighted by atomic mass is 16.3. The van der Waals surface area contributed by atoms with Crippen LogP contribution in [0.1, 0.15) is 55.2 Å². The number of aromatic hydroxyl groups is 2. The normalized spacial score (nSPS) is 18.2. The molecule has 152 valence electrons. The van der Waals surface area contributed by atoms with Crippen molar-refractivity contribution in [1.82, 2.24) is 10.6 Å². The molecule has 30 heavy (non-hydrogen) atoms. The van der Waals surface area contributed by atoms with Gasteiger partial charge >= 0.3 is 0 Å². The van der Waals surface area contributed by atoms with Crippen molar-refractivity contribution in [3.05, 3.63) is 58.5 Å². The molecule has 5 rings (SSSR count). The highest BCUT2D eigenvalue weighted by molar-refractivity contribution is 6.33.